The van der Waals surface area contributed by atoms with E-state index >= 15 is 0 Å². The minimum atomic E-state index is 0.509. The lowest BCUT2D eigenvalue weighted by atomic mass is 10.0. The summed E-state index contributed by atoms with van der Waals surface area (Å²) < 4.78 is 5.03. The highest BCUT2D eigenvalue weighted by Gasteiger charge is 2.02. The van der Waals surface area contributed by atoms with E-state index < -0.39 is 0 Å². The summed E-state index contributed by atoms with van der Waals surface area (Å²) >= 11 is 0. The molecule has 0 bridgehead atoms. The van der Waals surface area contributed by atoms with Crippen LogP contribution in [0.4, 0.5) is 0 Å². The lowest BCUT2D eigenvalue weighted by Crippen LogP contribution is -1.95. The number of nitrogens with zero attached hydrogens (tertiary/aromatic N) is 1. The molecule has 0 unspecified atom stereocenters. The van der Waals surface area contributed by atoms with Crippen LogP contribution in [0.25, 0.3) is 5.57 Å². The highest BCUT2D eigenvalue weighted by Crippen LogP contribution is 2.18. The Balaban J connectivity index is 2.92. The van der Waals surface area contributed by atoms with Gasteiger partial charge in [-0.05, 0) is 30.2 Å². The molecule has 0 radical (unpaired) electrons. The van der Waals surface area contributed by atoms with Crippen LogP contribution in [-0.2, 0) is 0 Å². The molecule has 0 saturated carbocycles. The van der Waals surface area contributed by atoms with Gasteiger partial charge in [-0.1, -0.05) is 23.9 Å². The second-order valence-corrected chi connectivity index (χ2v) is 2.89. The molecular formula is C11H13NO2. The molecule has 1 N–H and O–H groups in total. The van der Waals surface area contributed by atoms with Crippen LogP contribution in [0.3, 0.4) is 0 Å². The Bertz CT molecular complexity index is 352. The molecule has 14 heavy (non-hydrogen) atoms. The van der Waals surface area contributed by atoms with Crippen molar-refractivity contribution in [1.82, 2.24) is 0 Å². The van der Waals surface area contributed by atoms with Crippen molar-refractivity contribution in [2.24, 2.45) is 5.16 Å². The summed E-state index contributed by atoms with van der Waals surface area (Å²) in [5.41, 5.74) is 2.13. The summed E-state index contributed by atoms with van der Waals surface area (Å²) in [6.45, 7) is 5.52. The number of ether oxygens (including phenoxy) is 1. The molecule has 0 aromatic heterocycles. The summed E-state index contributed by atoms with van der Waals surface area (Å²) in [7, 11) is 1.62. The third kappa shape index (κ3) is 2.13. The Kier molecular flexibility index (Phi) is 3.29. The smallest absolute Gasteiger partial charge is 0.118 e. The maximum absolute atomic E-state index is 8.57. The van der Waals surface area contributed by atoms with Crippen molar-refractivity contribution in [2.75, 3.05) is 7.11 Å². The minimum absolute atomic E-state index is 0.509. The molecule has 0 aliphatic rings. The van der Waals surface area contributed by atoms with Gasteiger partial charge in [-0.15, -0.1) is 0 Å². The Morgan fingerprint density at radius 1 is 1.36 bits per heavy atom. The van der Waals surface area contributed by atoms with Gasteiger partial charge in [0, 0.05) is 0 Å². The third-order valence-corrected chi connectivity index (χ3v) is 2.03. The van der Waals surface area contributed by atoms with Crippen LogP contribution in [0.2, 0.25) is 0 Å². The molecule has 1 aromatic rings. The quantitative estimate of drug-likeness (QED) is 0.453. The van der Waals surface area contributed by atoms with Crippen LogP contribution in [0.1, 0.15) is 12.5 Å². The molecule has 0 aliphatic carbocycles. The van der Waals surface area contributed by atoms with Crippen LogP contribution < -0.4 is 4.74 Å². The third-order valence-electron chi connectivity index (χ3n) is 2.03. The van der Waals surface area contributed by atoms with Gasteiger partial charge in [0.25, 0.3) is 0 Å². The van der Waals surface area contributed by atoms with Gasteiger partial charge in [0.2, 0.25) is 0 Å². The van der Waals surface area contributed by atoms with Crippen molar-refractivity contribution in [1.29, 1.82) is 0 Å². The summed E-state index contributed by atoms with van der Waals surface area (Å²) in [5.74, 6) is 0.792. The second-order valence-electron chi connectivity index (χ2n) is 2.89. The molecule has 0 amide bonds. The van der Waals surface area contributed by atoms with Gasteiger partial charge < -0.3 is 9.94 Å². The lowest BCUT2D eigenvalue weighted by molar-refractivity contribution is 0.319. The minimum Gasteiger partial charge on any atom is -0.497 e. The molecule has 3 heteroatoms. The zero-order valence-corrected chi connectivity index (χ0v) is 8.32. The van der Waals surface area contributed by atoms with Gasteiger partial charge in [0.15, 0.2) is 0 Å². The maximum Gasteiger partial charge on any atom is 0.118 e. The topological polar surface area (TPSA) is 41.8 Å². The Morgan fingerprint density at radius 2 is 1.93 bits per heavy atom. The number of benzene rings is 1. The van der Waals surface area contributed by atoms with Crippen LogP contribution in [-0.4, -0.2) is 18.0 Å². The lowest BCUT2D eigenvalue weighted by Gasteiger charge is -2.05. The zero-order valence-electron chi connectivity index (χ0n) is 8.32. The molecule has 3 nitrogen and oxygen atoms in total. The average molecular weight is 191 g/mol. The van der Waals surface area contributed by atoms with Gasteiger partial charge in [-0.2, -0.15) is 0 Å². The molecule has 0 aliphatic heterocycles. The van der Waals surface area contributed by atoms with Crippen molar-refractivity contribution in [2.45, 2.75) is 6.92 Å². The van der Waals surface area contributed by atoms with E-state index in [0.717, 1.165) is 11.3 Å². The number of hydrogen-bond donors (Lipinski definition) is 1. The fourth-order valence-electron chi connectivity index (χ4n) is 1.06. The van der Waals surface area contributed by atoms with E-state index in [1.165, 1.54) is 0 Å². The SMILES string of the molecule is C=C(C(C)=NO)c1ccc(OC)cc1. The van der Waals surface area contributed by atoms with Crippen molar-refractivity contribution in [3.8, 4) is 5.75 Å². The highest BCUT2D eigenvalue weighted by atomic mass is 16.5. The number of methoxy groups -OCH3 is 1. The predicted molar refractivity (Wildman–Crippen MR) is 56.9 cm³/mol. The maximum atomic E-state index is 8.57. The van der Waals surface area contributed by atoms with E-state index in [2.05, 4.69) is 11.7 Å². The molecular weight excluding hydrogens is 178 g/mol. The predicted octanol–water partition coefficient (Wildman–Crippen LogP) is 2.56. The molecule has 74 valence electrons. The van der Waals surface area contributed by atoms with E-state index in [1.807, 2.05) is 24.3 Å². The molecule has 0 atom stereocenters. The Labute approximate surface area is 83.3 Å². The largest absolute Gasteiger partial charge is 0.497 e. The van der Waals surface area contributed by atoms with E-state index in [-0.39, 0.29) is 0 Å². The zero-order chi connectivity index (χ0) is 10.6. The molecule has 1 rings (SSSR count). The van der Waals surface area contributed by atoms with Crippen molar-refractivity contribution < 1.29 is 9.94 Å². The molecule has 0 heterocycles. The summed E-state index contributed by atoms with van der Waals surface area (Å²) in [6, 6.07) is 7.42. The van der Waals surface area contributed by atoms with Crippen LogP contribution in [0.5, 0.6) is 5.75 Å². The number of allylic oxidation sites excluding steroid dienone is 1. The van der Waals surface area contributed by atoms with E-state index in [4.69, 9.17) is 9.94 Å². The number of hydrogen-bond acceptors (Lipinski definition) is 3. The molecule has 0 spiro atoms. The second kappa shape index (κ2) is 4.46. The van der Waals surface area contributed by atoms with Crippen LogP contribution >= 0.6 is 0 Å². The highest BCUT2D eigenvalue weighted by molar-refractivity contribution is 6.21. The van der Waals surface area contributed by atoms with Gasteiger partial charge in [0.05, 0.1) is 12.8 Å². The first-order chi connectivity index (χ1) is 6.69. The van der Waals surface area contributed by atoms with Gasteiger partial charge in [-0.25, -0.2) is 0 Å². The summed E-state index contributed by atoms with van der Waals surface area (Å²) in [4.78, 5) is 0. The standard InChI is InChI=1S/C11H13NO2/c1-8(9(2)12-13)10-4-6-11(14-3)7-5-10/h4-7,13H,1H2,2-3H3. The molecule has 0 fully saturated rings. The van der Waals surface area contributed by atoms with Gasteiger partial charge >= 0.3 is 0 Å². The number of rotatable bonds is 3. The number of oxime groups is 1. The fraction of sp³-hybridized carbons (Fsp3) is 0.182. The van der Waals surface area contributed by atoms with Crippen molar-refractivity contribution in [3.05, 3.63) is 36.4 Å². The van der Waals surface area contributed by atoms with Crippen molar-refractivity contribution >= 4 is 11.3 Å². The van der Waals surface area contributed by atoms with Gasteiger partial charge in [0.1, 0.15) is 5.75 Å². The average Bonchev–Trinajstić information content (AvgIpc) is 2.27. The van der Waals surface area contributed by atoms with E-state index in [0.29, 0.717) is 11.3 Å². The van der Waals surface area contributed by atoms with Gasteiger partial charge in [-0.3, -0.25) is 0 Å². The monoisotopic (exact) mass is 191 g/mol. The summed E-state index contributed by atoms with van der Waals surface area (Å²) in [5, 5.41) is 11.7. The first kappa shape index (κ1) is 10.3. The van der Waals surface area contributed by atoms with E-state index in [1.54, 1.807) is 14.0 Å². The van der Waals surface area contributed by atoms with Crippen LogP contribution in [0.15, 0.2) is 36.0 Å². The van der Waals surface area contributed by atoms with Crippen LogP contribution in [0, 0.1) is 0 Å². The first-order valence-electron chi connectivity index (χ1n) is 4.21. The first-order valence-corrected chi connectivity index (χ1v) is 4.21. The van der Waals surface area contributed by atoms with Crippen molar-refractivity contribution in [3.63, 3.8) is 0 Å². The normalized spacial score (nSPS) is 11.1. The fourth-order valence-corrected chi connectivity index (χ4v) is 1.06. The van der Waals surface area contributed by atoms with E-state index in [9.17, 15) is 0 Å². The Morgan fingerprint density at radius 3 is 2.36 bits per heavy atom. The molecule has 1 aromatic carbocycles. The summed E-state index contributed by atoms with van der Waals surface area (Å²) in [6.07, 6.45) is 0. The Hall–Kier alpha value is -1.77. The molecule has 0 saturated heterocycles.